The van der Waals surface area contributed by atoms with Crippen LogP contribution in [0.2, 0.25) is 0 Å². The summed E-state index contributed by atoms with van der Waals surface area (Å²) >= 11 is 0. The lowest BCUT2D eigenvalue weighted by Gasteiger charge is -2.43. The van der Waals surface area contributed by atoms with Gasteiger partial charge >= 0.3 is 0 Å². The molecule has 43 heavy (non-hydrogen) atoms. The number of rotatable bonds is 7. The smallest absolute Gasteiger partial charge is 0.282 e. The van der Waals surface area contributed by atoms with Crippen LogP contribution in [0, 0.1) is 17.1 Å². The van der Waals surface area contributed by atoms with Gasteiger partial charge in [-0.15, -0.1) is 0 Å². The van der Waals surface area contributed by atoms with Gasteiger partial charge in [0, 0.05) is 55.2 Å². The van der Waals surface area contributed by atoms with Crippen LogP contribution >= 0.6 is 0 Å². The average Bonchev–Trinajstić information content (AvgIpc) is 3.42. The summed E-state index contributed by atoms with van der Waals surface area (Å²) in [7, 11) is 2.12. The number of hydrogen-bond donors (Lipinski definition) is 0. The Hall–Kier alpha value is -3.71. The number of carbonyl (C=O) groups is 1. The van der Waals surface area contributed by atoms with Crippen LogP contribution < -0.4 is 14.5 Å². The Kier molecular flexibility index (Phi) is 8.53. The first-order valence-electron chi connectivity index (χ1n) is 15.5. The van der Waals surface area contributed by atoms with E-state index in [4.69, 9.17) is 9.72 Å². The molecule has 1 aliphatic carbocycles. The highest BCUT2D eigenvalue weighted by Crippen LogP contribution is 2.38. The summed E-state index contributed by atoms with van der Waals surface area (Å²) in [5, 5.41) is 9.50. The lowest BCUT2D eigenvalue weighted by Crippen LogP contribution is -2.55. The number of pyridine rings is 1. The molecule has 2 fully saturated rings. The normalized spacial score (nSPS) is 22.1. The Bertz CT molecular complexity index is 1440. The molecule has 0 N–H and O–H groups in total. The molecule has 1 amide bonds. The Morgan fingerprint density at radius 2 is 1.86 bits per heavy atom. The maximum Gasteiger partial charge on any atom is 0.282 e. The van der Waals surface area contributed by atoms with Gasteiger partial charge in [0.15, 0.2) is 5.83 Å². The van der Waals surface area contributed by atoms with Crippen LogP contribution in [-0.2, 0) is 30.6 Å². The van der Waals surface area contributed by atoms with Crippen molar-refractivity contribution in [2.24, 2.45) is 0 Å². The van der Waals surface area contributed by atoms with Crippen molar-refractivity contribution < 1.29 is 18.3 Å². The van der Waals surface area contributed by atoms with E-state index in [1.54, 1.807) is 12.1 Å². The fraction of sp³-hybridized carbons (Fsp3) is 0.545. The van der Waals surface area contributed by atoms with Crippen LogP contribution in [-0.4, -0.2) is 79.2 Å². The molecule has 1 aromatic carbocycles. The van der Waals surface area contributed by atoms with Gasteiger partial charge in [0.05, 0.1) is 30.8 Å². The van der Waals surface area contributed by atoms with E-state index in [2.05, 4.69) is 34.4 Å². The average molecular weight is 591 g/mol. The summed E-state index contributed by atoms with van der Waals surface area (Å²) in [5.74, 6) is -1.41. The standard InChI is InChI=1S/C33H40F2N6O2/c1-22(34)33(42)41-15-14-40(19-25(41)9-11-36)31-18-32(43-21-26-7-5-12-38(26)2)37-29-20-39(13-10-28(29)31)30-17-24(35)16-23-6-3-4-8-27(23)30/h16-18,25-26H,1,3-10,12-15,19-21H2,2H3/t25-,26-/m0/s1. The highest BCUT2D eigenvalue weighted by molar-refractivity contribution is 5.91. The van der Waals surface area contributed by atoms with Crippen LogP contribution in [0.1, 0.15) is 54.5 Å². The van der Waals surface area contributed by atoms with Crippen LogP contribution in [0.3, 0.4) is 0 Å². The molecule has 228 valence electrons. The second-order valence-electron chi connectivity index (χ2n) is 12.3. The molecular formula is C33H40F2N6O2. The van der Waals surface area contributed by atoms with E-state index in [1.807, 2.05) is 6.07 Å². The van der Waals surface area contributed by atoms with Crippen molar-refractivity contribution in [3.05, 3.63) is 58.8 Å². The number of amides is 1. The lowest BCUT2D eigenvalue weighted by molar-refractivity contribution is -0.131. The van der Waals surface area contributed by atoms with Gasteiger partial charge in [0.1, 0.15) is 12.4 Å². The zero-order valence-electron chi connectivity index (χ0n) is 25.0. The first-order chi connectivity index (χ1) is 20.8. The summed E-state index contributed by atoms with van der Waals surface area (Å²) in [6.45, 7) is 7.23. The molecule has 0 bridgehead atoms. The second kappa shape index (κ2) is 12.5. The Labute approximate surface area is 252 Å². The van der Waals surface area contributed by atoms with Crippen molar-refractivity contribution in [3.63, 3.8) is 0 Å². The van der Waals surface area contributed by atoms with Crippen LogP contribution in [0.15, 0.2) is 30.6 Å². The minimum absolute atomic E-state index is 0.0959. The number of carbonyl (C=O) groups excluding carboxylic acids is 1. The SMILES string of the molecule is C=C(F)C(=O)N1CCN(c2cc(OC[C@@H]3CCCN3C)nc3c2CCN(c2cc(F)cc4c2CCCC4)C3)C[C@@H]1CC#N. The number of likely N-dealkylation sites (tertiary alicyclic amines) is 1. The van der Waals surface area contributed by atoms with E-state index in [1.165, 1.54) is 10.5 Å². The number of hydrogen-bond acceptors (Lipinski definition) is 7. The van der Waals surface area contributed by atoms with Gasteiger partial charge in [0.25, 0.3) is 5.91 Å². The number of anilines is 2. The summed E-state index contributed by atoms with van der Waals surface area (Å²) in [6.07, 6.45) is 7.12. The van der Waals surface area contributed by atoms with E-state index in [9.17, 15) is 18.8 Å². The zero-order chi connectivity index (χ0) is 30.1. The molecule has 8 nitrogen and oxygen atoms in total. The predicted molar refractivity (Wildman–Crippen MR) is 161 cm³/mol. The molecule has 2 aromatic rings. The number of ether oxygens (including phenoxy) is 1. The quantitative estimate of drug-likeness (QED) is 0.438. The Balaban J connectivity index is 1.32. The molecule has 2 saturated heterocycles. The number of nitriles is 1. The molecule has 4 aliphatic rings. The van der Waals surface area contributed by atoms with Crippen LogP contribution in [0.5, 0.6) is 5.88 Å². The van der Waals surface area contributed by atoms with Gasteiger partial charge in [0.2, 0.25) is 5.88 Å². The molecule has 10 heteroatoms. The largest absolute Gasteiger partial charge is 0.476 e. The summed E-state index contributed by atoms with van der Waals surface area (Å²) in [6, 6.07) is 7.39. The minimum atomic E-state index is -1.01. The summed E-state index contributed by atoms with van der Waals surface area (Å²) in [4.78, 5) is 25.7. The molecule has 0 radical (unpaired) electrons. The van der Waals surface area contributed by atoms with Crippen molar-refractivity contribution in [1.82, 2.24) is 14.8 Å². The fourth-order valence-electron chi connectivity index (χ4n) is 7.29. The zero-order valence-corrected chi connectivity index (χ0v) is 25.0. The predicted octanol–water partition coefficient (Wildman–Crippen LogP) is 4.55. The first kappa shape index (κ1) is 29.4. The van der Waals surface area contributed by atoms with E-state index in [0.717, 1.165) is 86.2 Å². The van der Waals surface area contributed by atoms with Gasteiger partial charge < -0.3 is 24.3 Å². The van der Waals surface area contributed by atoms with Crippen LogP contribution in [0.25, 0.3) is 0 Å². The molecule has 0 unspecified atom stereocenters. The summed E-state index contributed by atoms with van der Waals surface area (Å²) in [5.41, 5.74) is 6.33. The van der Waals surface area contributed by atoms with E-state index >= 15 is 0 Å². The topological polar surface area (TPSA) is 75.9 Å². The monoisotopic (exact) mass is 590 g/mol. The van der Waals surface area contributed by atoms with Crippen LogP contribution in [0.4, 0.5) is 20.2 Å². The first-order valence-corrected chi connectivity index (χ1v) is 15.5. The number of fused-ring (bicyclic) bond motifs is 2. The number of benzene rings is 1. The highest BCUT2D eigenvalue weighted by atomic mass is 19.1. The number of aryl methyl sites for hydroxylation is 1. The lowest BCUT2D eigenvalue weighted by atomic mass is 9.89. The van der Waals surface area contributed by atoms with Crippen molar-refractivity contribution in [3.8, 4) is 11.9 Å². The number of likely N-dealkylation sites (N-methyl/N-ethyl adjacent to an activating group) is 1. The molecule has 0 saturated carbocycles. The van der Waals surface area contributed by atoms with Gasteiger partial charge in [-0.05, 0) is 81.8 Å². The summed E-state index contributed by atoms with van der Waals surface area (Å²) < 4.78 is 34.9. The van der Waals surface area contributed by atoms with E-state index in [0.29, 0.717) is 38.2 Å². The second-order valence-corrected chi connectivity index (χ2v) is 12.3. The maximum absolute atomic E-state index is 14.7. The molecule has 3 aliphatic heterocycles. The van der Waals surface area contributed by atoms with Crippen molar-refractivity contribution in [2.45, 2.75) is 70.0 Å². The Morgan fingerprint density at radius 3 is 2.63 bits per heavy atom. The van der Waals surface area contributed by atoms with Gasteiger partial charge in [-0.3, -0.25) is 4.79 Å². The van der Waals surface area contributed by atoms with E-state index < -0.39 is 17.8 Å². The Morgan fingerprint density at radius 1 is 1.05 bits per heavy atom. The molecule has 1 aromatic heterocycles. The number of halogens is 2. The maximum atomic E-state index is 14.7. The van der Waals surface area contributed by atoms with Gasteiger partial charge in [-0.1, -0.05) is 6.58 Å². The molecular weight excluding hydrogens is 550 g/mol. The molecule has 4 heterocycles. The number of nitrogens with zero attached hydrogens (tertiary/aromatic N) is 6. The van der Waals surface area contributed by atoms with Gasteiger partial charge in [-0.25, -0.2) is 13.8 Å². The number of piperazine rings is 1. The highest BCUT2D eigenvalue weighted by Gasteiger charge is 2.34. The van der Waals surface area contributed by atoms with E-state index in [-0.39, 0.29) is 18.8 Å². The molecule has 6 rings (SSSR count). The third-order valence-electron chi connectivity index (χ3n) is 9.62. The number of aromatic nitrogens is 1. The van der Waals surface area contributed by atoms with Crippen molar-refractivity contribution in [1.29, 1.82) is 5.26 Å². The fourth-order valence-corrected chi connectivity index (χ4v) is 7.29. The molecule has 2 atom stereocenters. The third-order valence-corrected chi connectivity index (χ3v) is 9.62. The minimum Gasteiger partial charge on any atom is -0.476 e. The van der Waals surface area contributed by atoms with Crippen molar-refractivity contribution >= 4 is 17.3 Å². The van der Waals surface area contributed by atoms with Crippen molar-refractivity contribution in [2.75, 3.05) is 56.2 Å². The van der Waals surface area contributed by atoms with Gasteiger partial charge in [-0.2, -0.15) is 5.26 Å². The third kappa shape index (κ3) is 6.05. The molecule has 0 spiro atoms.